The Hall–Kier alpha value is -3.80. The normalized spacial score (nSPS) is 17.0. The highest BCUT2D eigenvalue weighted by atomic mass is 16.5. The van der Waals surface area contributed by atoms with Crippen LogP contribution in [0.5, 0.6) is 5.75 Å². The predicted molar refractivity (Wildman–Crippen MR) is 139 cm³/mol. The number of amides is 2. The highest BCUT2D eigenvalue weighted by Crippen LogP contribution is 2.42. The number of carbonyl (C=O) groups excluding carboxylic acids is 2. The number of para-hydroxylation sites is 1. The molecule has 1 N–H and O–H groups in total. The smallest absolute Gasteiger partial charge is 0.254 e. The third kappa shape index (κ3) is 5.16. The molecule has 0 aromatic heterocycles. The number of fused-ring (bicyclic) bond motifs is 1. The van der Waals surface area contributed by atoms with Crippen molar-refractivity contribution >= 4 is 17.5 Å². The summed E-state index contributed by atoms with van der Waals surface area (Å²) in [4.78, 5) is 30.8. The highest BCUT2D eigenvalue weighted by Gasteiger charge is 2.42. The molecule has 0 unspecified atom stereocenters. The van der Waals surface area contributed by atoms with Crippen LogP contribution in [0.4, 0.5) is 5.69 Å². The number of likely N-dealkylation sites (N-methyl/N-ethyl adjacent to an activating group) is 1. The summed E-state index contributed by atoms with van der Waals surface area (Å²) in [5, 5.41) is 3.15. The molecule has 0 fully saturated rings. The van der Waals surface area contributed by atoms with Crippen molar-refractivity contribution in [1.29, 1.82) is 0 Å². The van der Waals surface area contributed by atoms with Gasteiger partial charge in [0, 0.05) is 37.9 Å². The Bertz CT molecular complexity index is 1150. The Morgan fingerprint density at radius 3 is 2.37 bits per heavy atom. The van der Waals surface area contributed by atoms with E-state index in [9.17, 15) is 9.59 Å². The minimum atomic E-state index is -0.501. The fraction of sp³-hybridized carbons (Fsp3) is 0.310. The zero-order chi connectivity index (χ0) is 24.8. The summed E-state index contributed by atoms with van der Waals surface area (Å²) in [5.74, 6) is 0.0878. The summed E-state index contributed by atoms with van der Waals surface area (Å²) in [6.07, 6.45) is 0.824. The molecule has 1 aliphatic rings. The van der Waals surface area contributed by atoms with E-state index in [4.69, 9.17) is 4.74 Å². The van der Waals surface area contributed by atoms with E-state index in [2.05, 4.69) is 29.3 Å². The maximum atomic E-state index is 13.6. The van der Waals surface area contributed by atoms with Gasteiger partial charge in [-0.25, -0.2) is 0 Å². The van der Waals surface area contributed by atoms with Crippen molar-refractivity contribution in [3.63, 3.8) is 0 Å². The number of rotatable bonds is 9. The standard InChI is InChI=1S/C29H33N3O3/c1-4-32(22-11-6-5-7-12-22)20-10-19-30-28(33)26-24-13-8-9-14-25(24)29(34)31(2)27(26)21-15-17-23(35-3)18-16-21/h5-9,11-18,26-27H,4,10,19-20H2,1-3H3,(H,30,33)/t26-,27-/m1/s1. The molecule has 0 aliphatic carbocycles. The van der Waals surface area contributed by atoms with Gasteiger partial charge in [-0.2, -0.15) is 0 Å². The van der Waals surface area contributed by atoms with Crippen molar-refractivity contribution in [3.05, 3.63) is 95.6 Å². The van der Waals surface area contributed by atoms with Gasteiger partial charge >= 0.3 is 0 Å². The Morgan fingerprint density at radius 2 is 1.69 bits per heavy atom. The van der Waals surface area contributed by atoms with Crippen LogP contribution in [0.1, 0.15) is 46.8 Å². The van der Waals surface area contributed by atoms with Crippen LogP contribution in [0.2, 0.25) is 0 Å². The largest absolute Gasteiger partial charge is 0.497 e. The molecule has 1 heterocycles. The maximum absolute atomic E-state index is 13.6. The Labute approximate surface area is 207 Å². The van der Waals surface area contributed by atoms with E-state index in [0.717, 1.165) is 36.4 Å². The number of carbonyl (C=O) groups is 2. The first-order valence-electron chi connectivity index (χ1n) is 12.1. The quantitative estimate of drug-likeness (QED) is 0.462. The van der Waals surface area contributed by atoms with E-state index >= 15 is 0 Å². The third-order valence-electron chi connectivity index (χ3n) is 6.73. The maximum Gasteiger partial charge on any atom is 0.254 e. The molecule has 4 rings (SSSR count). The van der Waals surface area contributed by atoms with E-state index in [-0.39, 0.29) is 11.8 Å². The van der Waals surface area contributed by atoms with Gasteiger partial charge in [0.15, 0.2) is 0 Å². The van der Waals surface area contributed by atoms with Crippen LogP contribution in [-0.2, 0) is 4.79 Å². The molecule has 182 valence electrons. The lowest BCUT2D eigenvalue weighted by molar-refractivity contribution is -0.124. The number of methoxy groups -OCH3 is 1. The molecule has 0 bridgehead atoms. The first kappa shape index (κ1) is 24.3. The van der Waals surface area contributed by atoms with Crippen molar-refractivity contribution in [2.45, 2.75) is 25.3 Å². The molecule has 0 saturated carbocycles. The molecule has 3 aromatic carbocycles. The van der Waals surface area contributed by atoms with E-state index < -0.39 is 12.0 Å². The van der Waals surface area contributed by atoms with Gasteiger partial charge in [-0.1, -0.05) is 48.5 Å². The second kappa shape index (κ2) is 11.1. The molecule has 1 aliphatic heterocycles. The summed E-state index contributed by atoms with van der Waals surface area (Å²) in [6.45, 7) is 4.45. The third-order valence-corrected chi connectivity index (χ3v) is 6.73. The predicted octanol–water partition coefficient (Wildman–Crippen LogP) is 4.64. The molecular weight excluding hydrogens is 438 g/mol. The summed E-state index contributed by atoms with van der Waals surface area (Å²) in [5.41, 5.74) is 3.44. The van der Waals surface area contributed by atoms with Crippen LogP contribution in [-0.4, -0.2) is 50.5 Å². The van der Waals surface area contributed by atoms with Crippen LogP contribution in [0.3, 0.4) is 0 Å². The Balaban J connectivity index is 1.52. The van der Waals surface area contributed by atoms with Gasteiger partial charge in [-0.05, 0) is 54.8 Å². The van der Waals surface area contributed by atoms with Gasteiger partial charge in [0.05, 0.1) is 19.1 Å². The molecule has 2 amide bonds. The topological polar surface area (TPSA) is 61.9 Å². The lowest BCUT2D eigenvalue weighted by Crippen LogP contribution is -2.46. The summed E-state index contributed by atoms with van der Waals surface area (Å²) in [7, 11) is 3.39. The van der Waals surface area contributed by atoms with Crippen molar-refractivity contribution in [2.75, 3.05) is 38.7 Å². The van der Waals surface area contributed by atoms with Crippen LogP contribution < -0.4 is 15.0 Å². The molecule has 6 heteroatoms. The number of benzene rings is 3. The minimum Gasteiger partial charge on any atom is -0.497 e. The first-order chi connectivity index (χ1) is 17.0. The van der Waals surface area contributed by atoms with Gasteiger partial charge < -0.3 is 19.9 Å². The number of nitrogens with one attached hydrogen (secondary N) is 1. The molecule has 3 aromatic rings. The lowest BCUT2D eigenvalue weighted by atomic mass is 9.79. The molecule has 0 saturated heterocycles. The van der Waals surface area contributed by atoms with Crippen LogP contribution in [0.25, 0.3) is 0 Å². The fourth-order valence-corrected chi connectivity index (χ4v) is 4.87. The zero-order valence-corrected chi connectivity index (χ0v) is 20.6. The van der Waals surface area contributed by atoms with E-state index in [1.54, 1.807) is 25.1 Å². The lowest BCUT2D eigenvalue weighted by Gasteiger charge is -2.39. The Morgan fingerprint density at radius 1 is 1.00 bits per heavy atom. The number of ether oxygens (including phenoxy) is 1. The Kier molecular flexibility index (Phi) is 7.70. The fourth-order valence-electron chi connectivity index (χ4n) is 4.87. The molecule has 0 spiro atoms. The average molecular weight is 472 g/mol. The van der Waals surface area contributed by atoms with E-state index in [0.29, 0.717) is 12.1 Å². The van der Waals surface area contributed by atoms with E-state index in [1.165, 1.54) is 5.69 Å². The summed E-state index contributed by atoms with van der Waals surface area (Å²) < 4.78 is 5.30. The van der Waals surface area contributed by atoms with Gasteiger partial charge in [-0.3, -0.25) is 9.59 Å². The minimum absolute atomic E-state index is 0.0691. The number of hydrogen-bond donors (Lipinski definition) is 1. The van der Waals surface area contributed by atoms with Crippen molar-refractivity contribution < 1.29 is 14.3 Å². The molecule has 6 nitrogen and oxygen atoms in total. The second-order valence-electron chi connectivity index (χ2n) is 8.76. The highest BCUT2D eigenvalue weighted by molar-refractivity contribution is 6.01. The molecular formula is C29H33N3O3. The zero-order valence-electron chi connectivity index (χ0n) is 20.6. The monoisotopic (exact) mass is 471 g/mol. The van der Waals surface area contributed by atoms with Crippen molar-refractivity contribution in [3.8, 4) is 5.75 Å². The van der Waals surface area contributed by atoms with E-state index in [1.807, 2.05) is 60.7 Å². The second-order valence-corrected chi connectivity index (χ2v) is 8.76. The van der Waals surface area contributed by atoms with Gasteiger partial charge in [-0.15, -0.1) is 0 Å². The van der Waals surface area contributed by atoms with Gasteiger partial charge in [0.2, 0.25) is 5.91 Å². The summed E-state index contributed by atoms with van der Waals surface area (Å²) in [6, 6.07) is 24.9. The molecule has 0 radical (unpaired) electrons. The number of anilines is 1. The summed E-state index contributed by atoms with van der Waals surface area (Å²) >= 11 is 0. The number of hydrogen-bond acceptors (Lipinski definition) is 4. The number of nitrogens with zero attached hydrogens (tertiary/aromatic N) is 2. The van der Waals surface area contributed by atoms with Crippen molar-refractivity contribution in [2.24, 2.45) is 0 Å². The van der Waals surface area contributed by atoms with Gasteiger partial charge in [0.1, 0.15) is 5.75 Å². The molecule has 35 heavy (non-hydrogen) atoms. The van der Waals surface area contributed by atoms with Crippen LogP contribution >= 0.6 is 0 Å². The van der Waals surface area contributed by atoms with Crippen LogP contribution in [0.15, 0.2) is 78.9 Å². The molecule has 2 atom stereocenters. The SMILES string of the molecule is CCN(CCCNC(=O)[C@@H]1c2ccccc2C(=O)N(C)[C@@H]1c1ccc(OC)cc1)c1ccccc1. The average Bonchev–Trinajstić information content (AvgIpc) is 2.91. The van der Waals surface area contributed by atoms with Crippen LogP contribution in [0, 0.1) is 0 Å². The first-order valence-corrected chi connectivity index (χ1v) is 12.1. The van der Waals surface area contributed by atoms with Crippen molar-refractivity contribution in [1.82, 2.24) is 10.2 Å². The van der Waals surface area contributed by atoms with Gasteiger partial charge in [0.25, 0.3) is 5.91 Å².